The Balaban J connectivity index is 2.65. The molecule has 0 saturated carbocycles. The van der Waals surface area contributed by atoms with Crippen LogP contribution in [0.1, 0.15) is 31.9 Å². The molecule has 1 aromatic rings. The van der Waals surface area contributed by atoms with E-state index in [9.17, 15) is 0 Å². The van der Waals surface area contributed by atoms with Gasteiger partial charge in [-0.25, -0.2) is 0 Å². The van der Waals surface area contributed by atoms with Gasteiger partial charge in [-0.3, -0.25) is 0 Å². The van der Waals surface area contributed by atoms with E-state index in [2.05, 4.69) is 0 Å². The molecule has 0 radical (unpaired) electrons. The van der Waals surface area contributed by atoms with Crippen LogP contribution in [-0.4, -0.2) is 5.60 Å². The first-order valence-electron chi connectivity index (χ1n) is 4.77. The smallest absolute Gasteiger partial charge is 0.0724 e. The van der Waals surface area contributed by atoms with Gasteiger partial charge in [0.05, 0.1) is 12.2 Å². The van der Waals surface area contributed by atoms with Crippen molar-refractivity contribution in [3.05, 3.63) is 34.3 Å². The molecule has 1 aromatic carbocycles. The van der Waals surface area contributed by atoms with Gasteiger partial charge in [0.1, 0.15) is 0 Å². The normalized spacial score (nSPS) is 11.8. The standard InChI is InChI=1S/C12H17ClO/c1-9-5-6-10(7-11(9)13)8-14-12(2,3)4/h5-7H,8H2,1-4H3. The molecule has 0 atom stereocenters. The molecule has 14 heavy (non-hydrogen) atoms. The quantitative estimate of drug-likeness (QED) is 0.721. The summed E-state index contributed by atoms with van der Waals surface area (Å²) in [6, 6.07) is 6.03. The lowest BCUT2D eigenvalue weighted by atomic mass is 10.1. The van der Waals surface area contributed by atoms with Gasteiger partial charge < -0.3 is 4.74 Å². The van der Waals surface area contributed by atoms with Crippen molar-refractivity contribution in [2.24, 2.45) is 0 Å². The monoisotopic (exact) mass is 212 g/mol. The van der Waals surface area contributed by atoms with Crippen LogP contribution in [0.25, 0.3) is 0 Å². The van der Waals surface area contributed by atoms with Crippen LogP contribution in [0, 0.1) is 6.92 Å². The number of hydrogen-bond acceptors (Lipinski definition) is 1. The minimum Gasteiger partial charge on any atom is -0.371 e. The lowest BCUT2D eigenvalue weighted by Gasteiger charge is -2.19. The maximum Gasteiger partial charge on any atom is 0.0724 e. The molecule has 0 unspecified atom stereocenters. The summed E-state index contributed by atoms with van der Waals surface area (Å²) < 4.78 is 5.65. The van der Waals surface area contributed by atoms with Crippen LogP contribution in [-0.2, 0) is 11.3 Å². The summed E-state index contributed by atoms with van der Waals surface area (Å²) in [6.45, 7) is 8.74. The van der Waals surface area contributed by atoms with Crippen LogP contribution in [0.3, 0.4) is 0 Å². The predicted molar refractivity (Wildman–Crippen MR) is 60.7 cm³/mol. The Morgan fingerprint density at radius 3 is 2.43 bits per heavy atom. The Morgan fingerprint density at radius 2 is 1.93 bits per heavy atom. The second-order valence-electron chi connectivity index (χ2n) is 4.48. The van der Waals surface area contributed by atoms with E-state index < -0.39 is 0 Å². The molecule has 0 heterocycles. The Hall–Kier alpha value is -0.530. The first-order chi connectivity index (χ1) is 6.38. The van der Waals surface area contributed by atoms with Crippen LogP contribution in [0.2, 0.25) is 5.02 Å². The fraction of sp³-hybridized carbons (Fsp3) is 0.500. The first-order valence-corrected chi connectivity index (χ1v) is 5.15. The van der Waals surface area contributed by atoms with Gasteiger partial charge in [0.25, 0.3) is 0 Å². The van der Waals surface area contributed by atoms with Crippen molar-refractivity contribution in [3.8, 4) is 0 Å². The van der Waals surface area contributed by atoms with Crippen LogP contribution in [0.5, 0.6) is 0 Å². The minimum atomic E-state index is -0.0998. The second-order valence-corrected chi connectivity index (χ2v) is 4.89. The van der Waals surface area contributed by atoms with Crippen LogP contribution >= 0.6 is 11.6 Å². The van der Waals surface area contributed by atoms with Gasteiger partial charge in [-0.2, -0.15) is 0 Å². The van der Waals surface area contributed by atoms with E-state index in [1.54, 1.807) is 0 Å². The predicted octanol–water partition coefficient (Wildman–Crippen LogP) is 3.96. The molecule has 1 rings (SSSR count). The van der Waals surface area contributed by atoms with Crippen molar-refractivity contribution >= 4 is 11.6 Å². The van der Waals surface area contributed by atoms with Crippen LogP contribution < -0.4 is 0 Å². The number of hydrogen-bond donors (Lipinski definition) is 0. The summed E-state index contributed by atoms with van der Waals surface area (Å²) in [5.74, 6) is 0. The minimum absolute atomic E-state index is 0.0998. The van der Waals surface area contributed by atoms with Gasteiger partial charge in [-0.15, -0.1) is 0 Å². The van der Waals surface area contributed by atoms with Gasteiger partial charge in [0, 0.05) is 5.02 Å². The topological polar surface area (TPSA) is 9.23 Å². The highest BCUT2D eigenvalue weighted by molar-refractivity contribution is 6.31. The maximum absolute atomic E-state index is 6.01. The SMILES string of the molecule is Cc1ccc(COC(C)(C)C)cc1Cl. The first kappa shape index (κ1) is 11.5. The Bertz CT molecular complexity index is 313. The number of aryl methyl sites for hydroxylation is 1. The number of halogens is 1. The van der Waals surface area contributed by atoms with Crippen molar-refractivity contribution in [2.75, 3.05) is 0 Å². The zero-order chi connectivity index (χ0) is 10.8. The van der Waals surface area contributed by atoms with E-state index in [-0.39, 0.29) is 5.60 Å². The van der Waals surface area contributed by atoms with Crippen molar-refractivity contribution in [3.63, 3.8) is 0 Å². The lowest BCUT2D eigenvalue weighted by molar-refractivity contribution is -0.0149. The van der Waals surface area contributed by atoms with Gasteiger partial charge in [-0.05, 0) is 44.9 Å². The van der Waals surface area contributed by atoms with Gasteiger partial charge >= 0.3 is 0 Å². The molecule has 2 heteroatoms. The second kappa shape index (κ2) is 4.33. The highest BCUT2D eigenvalue weighted by Gasteiger charge is 2.10. The molecule has 0 aliphatic carbocycles. The summed E-state index contributed by atoms with van der Waals surface area (Å²) >= 11 is 6.01. The fourth-order valence-corrected chi connectivity index (χ4v) is 1.23. The molecule has 0 bridgehead atoms. The third kappa shape index (κ3) is 3.69. The van der Waals surface area contributed by atoms with Crippen molar-refractivity contribution in [1.82, 2.24) is 0 Å². The molecule has 0 aliphatic rings. The summed E-state index contributed by atoms with van der Waals surface area (Å²) in [7, 11) is 0. The summed E-state index contributed by atoms with van der Waals surface area (Å²) in [5, 5.41) is 0.806. The third-order valence-corrected chi connectivity index (χ3v) is 2.32. The van der Waals surface area contributed by atoms with Crippen molar-refractivity contribution < 1.29 is 4.74 Å². The lowest BCUT2D eigenvalue weighted by Crippen LogP contribution is -2.18. The van der Waals surface area contributed by atoms with Crippen molar-refractivity contribution in [1.29, 1.82) is 0 Å². The zero-order valence-electron chi connectivity index (χ0n) is 9.23. The molecular formula is C12H17ClO. The Kier molecular flexibility index (Phi) is 3.57. The number of benzene rings is 1. The van der Waals surface area contributed by atoms with E-state index in [1.165, 1.54) is 0 Å². The zero-order valence-corrected chi connectivity index (χ0v) is 9.98. The third-order valence-electron chi connectivity index (χ3n) is 1.91. The summed E-state index contributed by atoms with van der Waals surface area (Å²) in [5.41, 5.74) is 2.12. The van der Waals surface area contributed by atoms with Gasteiger partial charge in [0.15, 0.2) is 0 Å². The van der Waals surface area contributed by atoms with Crippen LogP contribution in [0.4, 0.5) is 0 Å². The summed E-state index contributed by atoms with van der Waals surface area (Å²) in [4.78, 5) is 0. The average Bonchev–Trinajstić information content (AvgIpc) is 2.06. The number of ether oxygens (including phenoxy) is 1. The average molecular weight is 213 g/mol. The highest BCUT2D eigenvalue weighted by Crippen LogP contribution is 2.18. The van der Waals surface area contributed by atoms with Gasteiger partial charge in [-0.1, -0.05) is 23.7 Å². The van der Waals surface area contributed by atoms with Crippen molar-refractivity contribution in [2.45, 2.75) is 39.9 Å². The van der Waals surface area contributed by atoms with E-state index >= 15 is 0 Å². The fourth-order valence-electron chi connectivity index (χ4n) is 1.03. The molecule has 0 saturated heterocycles. The molecule has 0 N–H and O–H groups in total. The molecule has 0 aromatic heterocycles. The molecule has 1 nitrogen and oxygen atoms in total. The van der Waals surface area contributed by atoms with E-state index in [0.29, 0.717) is 6.61 Å². The molecule has 0 fully saturated rings. The number of rotatable bonds is 2. The maximum atomic E-state index is 6.01. The highest BCUT2D eigenvalue weighted by atomic mass is 35.5. The summed E-state index contributed by atoms with van der Waals surface area (Å²) in [6.07, 6.45) is 0. The van der Waals surface area contributed by atoms with E-state index in [4.69, 9.17) is 16.3 Å². The Morgan fingerprint density at radius 1 is 1.29 bits per heavy atom. The largest absolute Gasteiger partial charge is 0.371 e. The molecule has 0 amide bonds. The molecule has 78 valence electrons. The van der Waals surface area contributed by atoms with Crippen LogP contribution in [0.15, 0.2) is 18.2 Å². The molecule has 0 aliphatic heterocycles. The van der Waals surface area contributed by atoms with E-state index in [1.807, 2.05) is 45.9 Å². The molecular weight excluding hydrogens is 196 g/mol. The van der Waals surface area contributed by atoms with E-state index in [0.717, 1.165) is 16.1 Å². The van der Waals surface area contributed by atoms with Gasteiger partial charge in [0.2, 0.25) is 0 Å². The Labute approximate surface area is 91.0 Å². The molecule has 0 spiro atoms.